The lowest BCUT2D eigenvalue weighted by atomic mass is 10.3. The summed E-state index contributed by atoms with van der Waals surface area (Å²) in [5.74, 6) is -0.481. The zero-order valence-electron chi connectivity index (χ0n) is 10.8. The van der Waals surface area contributed by atoms with Crippen molar-refractivity contribution >= 4 is 16.1 Å². The van der Waals surface area contributed by atoms with Gasteiger partial charge >= 0.3 is 5.97 Å². The van der Waals surface area contributed by atoms with Crippen molar-refractivity contribution in [1.82, 2.24) is 0 Å². The van der Waals surface area contributed by atoms with Crippen LogP contribution in [0.3, 0.4) is 0 Å². The summed E-state index contributed by atoms with van der Waals surface area (Å²) in [6.07, 6.45) is 2.68. The molecule has 0 aliphatic carbocycles. The summed E-state index contributed by atoms with van der Waals surface area (Å²) < 4.78 is 35.9. The molecule has 1 aliphatic rings. The Hall–Kier alpha value is -0.660. The third-order valence-electron chi connectivity index (χ3n) is 3.42. The van der Waals surface area contributed by atoms with Crippen LogP contribution in [0, 0.1) is 0 Å². The van der Waals surface area contributed by atoms with E-state index in [-0.39, 0.29) is 11.7 Å². The second kappa shape index (κ2) is 6.49. The van der Waals surface area contributed by atoms with Gasteiger partial charge in [-0.3, -0.25) is 9.35 Å². The number of carbonyl (C=O) groups excluding carboxylic acids is 1. The SMILES string of the molecule is CC(=O)OCC[N+]1(CCCS(=O)(=O)O)CCCC1. The predicted molar refractivity (Wildman–Crippen MR) is 66.6 cm³/mol. The first-order valence-corrected chi connectivity index (χ1v) is 7.88. The molecule has 0 spiro atoms. The lowest BCUT2D eigenvalue weighted by Crippen LogP contribution is -2.48. The highest BCUT2D eigenvalue weighted by Gasteiger charge is 2.31. The van der Waals surface area contributed by atoms with E-state index in [1.54, 1.807) is 0 Å². The number of ether oxygens (including phenoxy) is 1. The first kappa shape index (κ1) is 15.4. The molecular weight excluding hydrogens is 258 g/mol. The molecule has 18 heavy (non-hydrogen) atoms. The molecule has 6 nitrogen and oxygen atoms in total. The Morgan fingerprint density at radius 2 is 1.89 bits per heavy atom. The topological polar surface area (TPSA) is 80.7 Å². The molecule has 0 saturated carbocycles. The van der Waals surface area contributed by atoms with Gasteiger partial charge in [0, 0.05) is 26.2 Å². The predicted octanol–water partition coefficient (Wildman–Crippen LogP) is 0.438. The normalized spacial score (nSPS) is 18.8. The van der Waals surface area contributed by atoms with Crippen LogP contribution in [0.25, 0.3) is 0 Å². The standard InChI is InChI=1S/C11H21NO5S/c1-11(13)17-9-8-12(5-2-3-6-12)7-4-10-18(14,15)16/h2-10H2,1H3/p+1. The lowest BCUT2D eigenvalue weighted by molar-refractivity contribution is -0.916. The van der Waals surface area contributed by atoms with Gasteiger partial charge < -0.3 is 9.22 Å². The summed E-state index contributed by atoms with van der Waals surface area (Å²) in [5, 5.41) is 0. The molecule has 1 aliphatic heterocycles. The van der Waals surface area contributed by atoms with E-state index in [0.717, 1.165) is 37.0 Å². The number of rotatable bonds is 7. The molecule has 0 atom stereocenters. The highest BCUT2D eigenvalue weighted by Crippen LogP contribution is 2.20. The maximum absolute atomic E-state index is 10.7. The highest BCUT2D eigenvalue weighted by molar-refractivity contribution is 7.85. The highest BCUT2D eigenvalue weighted by atomic mass is 32.2. The maximum atomic E-state index is 10.7. The minimum Gasteiger partial charge on any atom is -0.460 e. The monoisotopic (exact) mass is 280 g/mol. The number of nitrogens with zero attached hydrogens (tertiary/aromatic N) is 1. The van der Waals surface area contributed by atoms with E-state index in [9.17, 15) is 13.2 Å². The van der Waals surface area contributed by atoms with Crippen LogP contribution in [0.5, 0.6) is 0 Å². The van der Waals surface area contributed by atoms with Gasteiger partial charge in [-0.2, -0.15) is 8.42 Å². The molecule has 1 rings (SSSR count). The molecule has 0 unspecified atom stereocenters. The Kier molecular flexibility index (Phi) is 5.55. The molecule has 0 aromatic rings. The first-order chi connectivity index (χ1) is 8.33. The van der Waals surface area contributed by atoms with Gasteiger partial charge in [0.2, 0.25) is 0 Å². The Morgan fingerprint density at radius 1 is 1.28 bits per heavy atom. The lowest BCUT2D eigenvalue weighted by Gasteiger charge is -2.34. The average molecular weight is 280 g/mol. The molecule has 106 valence electrons. The van der Waals surface area contributed by atoms with Crippen LogP contribution in [0.4, 0.5) is 0 Å². The molecule has 1 fully saturated rings. The van der Waals surface area contributed by atoms with Gasteiger partial charge in [0.05, 0.1) is 25.4 Å². The summed E-state index contributed by atoms with van der Waals surface area (Å²) in [5.41, 5.74) is 0. The van der Waals surface area contributed by atoms with E-state index in [0.29, 0.717) is 19.6 Å². The summed E-state index contributed by atoms with van der Waals surface area (Å²) in [6, 6.07) is 0. The summed E-state index contributed by atoms with van der Waals surface area (Å²) in [6.45, 7) is 5.18. The molecule has 0 aromatic carbocycles. The fraction of sp³-hybridized carbons (Fsp3) is 0.909. The third kappa shape index (κ3) is 5.79. The largest absolute Gasteiger partial charge is 0.460 e. The minimum atomic E-state index is -3.87. The van der Waals surface area contributed by atoms with Gasteiger partial charge in [0.1, 0.15) is 13.2 Å². The van der Waals surface area contributed by atoms with Crippen LogP contribution < -0.4 is 0 Å². The third-order valence-corrected chi connectivity index (χ3v) is 4.23. The van der Waals surface area contributed by atoms with Crippen LogP contribution in [0.1, 0.15) is 26.2 Å². The van der Waals surface area contributed by atoms with Crippen LogP contribution in [-0.2, 0) is 19.6 Å². The Balaban J connectivity index is 2.40. The van der Waals surface area contributed by atoms with Crippen LogP contribution in [0.15, 0.2) is 0 Å². The van der Waals surface area contributed by atoms with Crippen molar-refractivity contribution < 1.29 is 27.0 Å². The quantitative estimate of drug-likeness (QED) is 0.416. The van der Waals surface area contributed by atoms with E-state index in [4.69, 9.17) is 9.29 Å². The van der Waals surface area contributed by atoms with E-state index in [2.05, 4.69) is 0 Å². The van der Waals surface area contributed by atoms with E-state index >= 15 is 0 Å². The van der Waals surface area contributed by atoms with E-state index in [1.165, 1.54) is 6.92 Å². The molecule has 1 N–H and O–H groups in total. The fourth-order valence-electron chi connectivity index (χ4n) is 2.53. The number of esters is 1. The molecule has 0 radical (unpaired) electrons. The molecule has 1 heterocycles. The van der Waals surface area contributed by atoms with Gasteiger partial charge in [-0.25, -0.2) is 0 Å². The van der Waals surface area contributed by atoms with Gasteiger partial charge in [0.15, 0.2) is 0 Å². The summed E-state index contributed by atoms with van der Waals surface area (Å²) >= 11 is 0. The van der Waals surface area contributed by atoms with Gasteiger partial charge in [-0.1, -0.05) is 0 Å². The van der Waals surface area contributed by atoms with Crippen molar-refractivity contribution in [3.8, 4) is 0 Å². The maximum Gasteiger partial charge on any atom is 0.302 e. The fourth-order valence-corrected chi connectivity index (χ4v) is 3.02. The molecule has 0 amide bonds. The Morgan fingerprint density at radius 3 is 2.39 bits per heavy atom. The van der Waals surface area contributed by atoms with Crippen LogP contribution >= 0.6 is 0 Å². The van der Waals surface area contributed by atoms with Gasteiger partial charge in [-0.15, -0.1) is 0 Å². The average Bonchev–Trinajstić information content (AvgIpc) is 2.64. The smallest absolute Gasteiger partial charge is 0.302 e. The number of carbonyl (C=O) groups is 1. The van der Waals surface area contributed by atoms with Gasteiger partial charge in [-0.05, 0) is 0 Å². The molecule has 1 saturated heterocycles. The van der Waals surface area contributed by atoms with Crippen molar-refractivity contribution in [1.29, 1.82) is 0 Å². The second-order valence-corrected chi connectivity index (χ2v) is 6.49. The zero-order valence-corrected chi connectivity index (χ0v) is 11.6. The van der Waals surface area contributed by atoms with Gasteiger partial charge in [0.25, 0.3) is 10.1 Å². The van der Waals surface area contributed by atoms with Crippen molar-refractivity contribution in [3.05, 3.63) is 0 Å². The summed E-state index contributed by atoms with van der Waals surface area (Å²) in [7, 11) is -3.87. The summed E-state index contributed by atoms with van der Waals surface area (Å²) in [4.78, 5) is 10.7. The minimum absolute atomic E-state index is 0.194. The number of hydrogen-bond donors (Lipinski definition) is 1. The molecule has 0 aromatic heterocycles. The zero-order chi connectivity index (χ0) is 13.6. The Labute approximate surface area is 108 Å². The van der Waals surface area contributed by atoms with Crippen molar-refractivity contribution in [2.45, 2.75) is 26.2 Å². The Bertz CT molecular complexity index is 373. The number of hydrogen-bond acceptors (Lipinski definition) is 4. The molecule has 7 heteroatoms. The van der Waals surface area contributed by atoms with E-state index < -0.39 is 10.1 Å². The van der Waals surface area contributed by atoms with Crippen molar-refractivity contribution in [3.63, 3.8) is 0 Å². The van der Waals surface area contributed by atoms with Crippen molar-refractivity contribution in [2.24, 2.45) is 0 Å². The first-order valence-electron chi connectivity index (χ1n) is 6.27. The number of likely N-dealkylation sites (tertiary alicyclic amines) is 1. The second-order valence-electron chi connectivity index (χ2n) is 4.92. The van der Waals surface area contributed by atoms with E-state index in [1.807, 2.05) is 0 Å². The van der Waals surface area contributed by atoms with Crippen LogP contribution in [-0.4, -0.2) is 62.0 Å². The molecule has 0 bridgehead atoms. The number of quaternary nitrogens is 1. The van der Waals surface area contributed by atoms with Crippen LogP contribution in [0.2, 0.25) is 0 Å². The van der Waals surface area contributed by atoms with Crippen molar-refractivity contribution in [2.75, 3.05) is 38.5 Å². The molecular formula is C11H22NO5S+.